The van der Waals surface area contributed by atoms with Gasteiger partial charge >= 0.3 is 0 Å². The first-order valence-corrected chi connectivity index (χ1v) is 9.75. The van der Waals surface area contributed by atoms with Gasteiger partial charge in [-0.25, -0.2) is 9.37 Å². The third-order valence-corrected chi connectivity index (χ3v) is 5.18. The number of amides is 1. The first kappa shape index (κ1) is 20.8. The number of hydrogen-bond acceptors (Lipinski definition) is 4. The fourth-order valence-corrected chi connectivity index (χ4v) is 3.33. The molecule has 0 aliphatic rings. The molecule has 0 unspecified atom stereocenters. The number of hydrogen-bond donors (Lipinski definition) is 2. The molecule has 0 atom stereocenters. The summed E-state index contributed by atoms with van der Waals surface area (Å²) in [6, 6.07) is 3.91. The molecule has 11 heteroatoms. The van der Waals surface area contributed by atoms with E-state index in [2.05, 4.69) is 20.4 Å². The molecule has 0 saturated carbocycles. The molecule has 0 fully saturated rings. The van der Waals surface area contributed by atoms with Crippen molar-refractivity contribution in [2.24, 2.45) is 7.05 Å². The number of aromatic nitrogens is 5. The molecule has 31 heavy (non-hydrogen) atoms. The highest BCUT2D eigenvalue weighted by molar-refractivity contribution is 6.37. The van der Waals surface area contributed by atoms with Gasteiger partial charge in [0.1, 0.15) is 11.5 Å². The van der Waals surface area contributed by atoms with Gasteiger partial charge in [-0.1, -0.05) is 23.2 Å². The van der Waals surface area contributed by atoms with E-state index >= 15 is 0 Å². The zero-order valence-electron chi connectivity index (χ0n) is 16.1. The molecular formula is C20H15Cl2FN6O2. The van der Waals surface area contributed by atoms with E-state index in [1.54, 1.807) is 17.1 Å². The molecule has 1 aromatic carbocycles. The largest absolute Gasteiger partial charge is 0.356 e. The highest BCUT2D eigenvalue weighted by Gasteiger charge is 2.22. The summed E-state index contributed by atoms with van der Waals surface area (Å²) in [7, 11) is 1.88. The Morgan fingerprint density at radius 2 is 2.03 bits per heavy atom. The summed E-state index contributed by atoms with van der Waals surface area (Å²) in [5.74, 6) is -1.29. The second-order valence-corrected chi connectivity index (χ2v) is 7.50. The number of benzene rings is 1. The van der Waals surface area contributed by atoms with E-state index in [-0.39, 0.29) is 26.9 Å². The highest BCUT2D eigenvalue weighted by Crippen LogP contribution is 2.28. The molecule has 158 valence electrons. The Morgan fingerprint density at radius 1 is 1.26 bits per heavy atom. The number of rotatable bonds is 6. The van der Waals surface area contributed by atoms with Gasteiger partial charge in [-0.15, -0.1) is 0 Å². The average molecular weight is 461 g/mol. The van der Waals surface area contributed by atoms with Crippen LogP contribution in [0.3, 0.4) is 0 Å². The van der Waals surface area contributed by atoms with Crippen molar-refractivity contribution in [3.8, 4) is 0 Å². The molecule has 4 rings (SSSR count). The maximum absolute atomic E-state index is 14.3. The first-order chi connectivity index (χ1) is 14.8. The van der Waals surface area contributed by atoms with Crippen LogP contribution in [0.4, 0.5) is 10.1 Å². The summed E-state index contributed by atoms with van der Waals surface area (Å²) in [6.07, 6.45) is 7.97. The van der Waals surface area contributed by atoms with E-state index in [1.165, 1.54) is 30.6 Å². The minimum absolute atomic E-state index is 0.0682. The molecule has 0 spiro atoms. The number of aryl methyl sites for hydroxylation is 1. The Balaban J connectivity index is 1.47. The van der Waals surface area contributed by atoms with Crippen LogP contribution in [0.5, 0.6) is 0 Å². The van der Waals surface area contributed by atoms with Crippen LogP contribution in [0.2, 0.25) is 10.0 Å². The topological polar surface area (TPSA) is 97.6 Å². The zero-order valence-corrected chi connectivity index (χ0v) is 17.6. The maximum atomic E-state index is 14.3. The van der Waals surface area contributed by atoms with Gasteiger partial charge in [0.05, 0.1) is 34.0 Å². The predicted octanol–water partition coefficient (Wildman–Crippen LogP) is 3.92. The van der Waals surface area contributed by atoms with Gasteiger partial charge in [-0.2, -0.15) is 5.10 Å². The first-order valence-electron chi connectivity index (χ1n) is 9.00. The number of ketones is 1. The number of carbonyl (C=O) groups excluding carboxylic acids is 2. The van der Waals surface area contributed by atoms with Crippen LogP contribution in [0.15, 0.2) is 49.2 Å². The molecule has 0 aliphatic heterocycles. The summed E-state index contributed by atoms with van der Waals surface area (Å²) in [6.45, 7) is 0.437. The molecule has 8 nitrogen and oxygen atoms in total. The highest BCUT2D eigenvalue weighted by atomic mass is 35.5. The van der Waals surface area contributed by atoms with Crippen molar-refractivity contribution in [3.05, 3.63) is 87.7 Å². The van der Waals surface area contributed by atoms with E-state index in [4.69, 9.17) is 23.2 Å². The van der Waals surface area contributed by atoms with Crippen molar-refractivity contribution in [2.75, 3.05) is 5.32 Å². The van der Waals surface area contributed by atoms with E-state index in [0.29, 0.717) is 12.2 Å². The Morgan fingerprint density at radius 3 is 2.77 bits per heavy atom. The minimum Gasteiger partial charge on any atom is -0.356 e. The summed E-state index contributed by atoms with van der Waals surface area (Å²) in [4.78, 5) is 32.1. The summed E-state index contributed by atoms with van der Waals surface area (Å²) >= 11 is 11.7. The van der Waals surface area contributed by atoms with Gasteiger partial charge in [0, 0.05) is 37.4 Å². The number of aromatic amines is 1. The van der Waals surface area contributed by atoms with Gasteiger partial charge in [0.25, 0.3) is 5.91 Å². The van der Waals surface area contributed by atoms with Gasteiger partial charge in [-0.05, 0) is 18.2 Å². The zero-order chi connectivity index (χ0) is 22.1. The maximum Gasteiger partial charge on any atom is 0.272 e. The number of nitrogens with zero attached hydrogens (tertiary/aromatic N) is 4. The Labute approximate surface area is 185 Å². The van der Waals surface area contributed by atoms with Crippen molar-refractivity contribution in [2.45, 2.75) is 6.54 Å². The molecule has 4 aromatic rings. The lowest BCUT2D eigenvalue weighted by Gasteiger charge is -2.05. The number of halogens is 3. The molecule has 1 amide bonds. The fraction of sp³-hybridized carbons (Fsp3) is 0.100. The average Bonchev–Trinajstić information content (AvgIpc) is 3.48. The molecule has 0 aliphatic carbocycles. The second-order valence-electron chi connectivity index (χ2n) is 6.68. The van der Waals surface area contributed by atoms with Crippen LogP contribution in [-0.4, -0.2) is 36.0 Å². The van der Waals surface area contributed by atoms with E-state index in [1.807, 2.05) is 17.8 Å². The van der Waals surface area contributed by atoms with Gasteiger partial charge in [0.15, 0.2) is 11.6 Å². The predicted molar refractivity (Wildman–Crippen MR) is 113 cm³/mol. The Bertz CT molecular complexity index is 1290. The molecule has 0 saturated heterocycles. The summed E-state index contributed by atoms with van der Waals surface area (Å²) < 4.78 is 17.8. The van der Waals surface area contributed by atoms with Crippen molar-refractivity contribution in [3.63, 3.8) is 0 Å². The van der Waals surface area contributed by atoms with Gasteiger partial charge < -0.3 is 14.9 Å². The summed E-state index contributed by atoms with van der Waals surface area (Å²) in [5.41, 5.74) is 0.291. The fourth-order valence-electron chi connectivity index (χ4n) is 2.94. The van der Waals surface area contributed by atoms with Crippen molar-refractivity contribution >= 4 is 40.6 Å². The number of nitrogens with one attached hydrogen (secondary N) is 2. The standard InChI is InChI=1S/C20H15Cl2FN6O2/c1-28-5-4-24-16(28)10-29-9-12(8-26-29)27-20(31)15-6-11(7-25-15)19(30)17-13(21)2-3-14(22)18(17)23/h2-9,25H,10H2,1H3,(H,27,31). The monoisotopic (exact) mass is 460 g/mol. The number of H-pyrrole nitrogens is 1. The Kier molecular flexibility index (Phi) is 5.62. The molecule has 0 radical (unpaired) electrons. The van der Waals surface area contributed by atoms with E-state index < -0.39 is 17.5 Å². The van der Waals surface area contributed by atoms with Crippen molar-refractivity contribution in [1.82, 2.24) is 24.3 Å². The normalized spacial score (nSPS) is 11.0. The van der Waals surface area contributed by atoms with Gasteiger partial charge in [-0.3, -0.25) is 14.3 Å². The quantitative estimate of drug-likeness (QED) is 0.336. The minimum atomic E-state index is -0.911. The van der Waals surface area contributed by atoms with E-state index in [0.717, 1.165) is 5.82 Å². The molecule has 3 aromatic heterocycles. The third-order valence-electron chi connectivity index (χ3n) is 4.58. The van der Waals surface area contributed by atoms with E-state index in [9.17, 15) is 14.0 Å². The van der Waals surface area contributed by atoms with Gasteiger partial charge in [0.2, 0.25) is 0 Å². The van der Waals surface area contributed by atoms with Crippen LogP contribution in [0, 0.1) is 5.82 Å². The third kappa shape index (κ3) is 4.23. The lowest BCUT2D eigenvalue weighted by Crippen LogP contribution is -2.12. The van der Waals surface area contributed by atoms with Crippen molar-refractivity contribution in [1.29, 1.82) is 0 Å². The lowest BCUT2D eigenvalue weighted by atomic mass is 10.0. The number of anilines is 1. The SMILES string of the molecule is Cn1ccnc1Cn1cc(NC(=O)c2cc(C(=O)c3c(Cl)ccc(Cl)c3F)c[nH]2)cn1. The van der Waals surface area contributed by atoms with Crippen LogP contribution < -0.4 is 5.32 Å². The molecule has 2 N–H and O–H groups in total. The van der Waals surface area contributed by atoms with Crippen LogP contribution in [-0.2, 0) is 13.6 Å². The van der Waals surface area contributed by atoms with Crippen LogP contribution in [0.25, 0.3) is 0 Å². The van der Waals surface area contributed by atoms with Crippen LogP contribution in [0.1, 0.15) is 32.2 Å². The Hall–Kier alpha value is -3.43. The summed E-state index contributed by atoms with van der Waals surface area (Å²) in [5, 5.41) is 6.59. The van der Waals surface area contributed by atoms with Crippen LogP contribution >= 0.6 is 23.2 Å². The van der Waals surface area contributed by atoms with Crippen molar-refractivity contribution < 1.29 is 14.0 Å². The number of carbonyl (C=O) groups is 2. The second kappa shape index (κ2) is 8.37. The smallest absolute Gasteiger partial charge is 0.272 e. The molecule has 3 heterocycles. The molecular weight excluding hydrogens is 446 g/mol. The lowest BCUT2D eigenvalue weighted by molar-refractivity contribution is 0.102. The number of imidazole rings is 1. The molecule has 0 bridgehead atoms.